The number of nitrogens with one attached hydrogen (secondary N) is 1. The molecule has 1 aromatic rings. The topological polar surface area (TPSA) is 78.7 Å². The molecule has 7 nitrogen and oxygen atoms in total. The van der Waals surface area contributed by atoms with Crippen LogP contribution < -0.4 is 5.32 Å². The fourth-order valence-electron chi connectivity index (χ4n) is 3.05. The van der Waals surface area contributed by atoms with Gasteiger partial charge < -0.3 is 10.2 Å². The molecular weight excluding hydrogens is 296 g/mol. The van der Waals surface area contributed by atoms with E-state index in [9.17, 15) is 14.9 Å². The standard InChI is InChI=1S/C16H20N4O3/c1-11-3-5-13(6-4-11)9-18-7-8-19-12(2)15(21)14(20(22)23)16(19)17-10-18/h3-6,12,17H,7-10H2,1-2H3. The lowest BCUT2D eigenvalue weighted by atomic mass is 10.1. The number of carbonyl (C=O) groups is 1. The molecule has 0 aliphatic carbocycles. The Morgan fingerprint density at radius 1 is 1.30 bits per heavy atom. The zero-order valence-corrected chi connectivity index (χ0v) is 13.3. The molecule has 1 unspecified atom stereocenters. The molecule has 1 fully saturated rings. The van der Waals surface area contributed by atoms with Gasteiger partial charge in [0, 0.05) is 19.6 Å². The average molecular weight is 316 g/mol. The average Bonchev–Trinajstić information content (AvgIpc) is 2.65. The van der Waals surface area contributed by atoms with Crippen molar-refractivity contribution in [3.8, 4) is 0 Å². The van der Waals surface area contributed by atoms with Gasteiger partial charge in [-0.2, -0.15) is 0 Å². The van der Waals surface area contributed by atoms with Crippen molar-refractivity contribution in [3.63, 3.8) is 0 Å². The summed E-state index contributed by atoms with van der Waals surface area (Å²) in [6.45, 7) is 6.36. The molecule has 1 aromatic carbocycles. The van der Waals surface area contributed by atoms with Crippen molar-refractivity contribution in [1.82, 2.24) is 15.1 Å². The second kappa shape index (κ2) is 6.00. The predicted octanol–water partition coefficient (Wildman–Crippen LogP) is 1.08. The van der Waals surface area contributed by atoms with Gasteiger partial charge in [-0.25, -0.2) is 0 Å². The molecule has 7 heteroatoms. The van der Waals surface area contributed by atoms with Crippen molar-refractivity contribution in [2.45, 2.75) is 26.4 Å². The Labute approximate surface area is 134 Å². The number of Topliss-reactive ketones (excluding diaryl/α,β-unsaturated/α-hetero) is 1. The highest BCUT2D eigenvalue weighted by atomic mass is 16.6. The minimum atomic E-state index is -0.573. The van der Waals surface area contributed by atoms with E-state index in [1.807, 2.05) is 0 Å². The van der Waals surface area contributed by atoms with Crippen molar-refractivity contribution >= 4 is 5.78 Å². The maximum absolute atomic E-state index is 12.0. The Bertz CT molecular complexity index is 668. The second-order valence-corrected chi connectivity index (χ2v) is 6.06. The number of hydrogen-bond acceptors (Lipinski definition) is 6. The van der Waals surface area contributed by atoms with Crippen LogP contribution in [0.25, 0.3) is 0 Å². The summed E-state index contributed by atoms with van der Waals surface area (Å²) in [5, 5.41) is 14.3. The molecule has 0 saturated carbocycles. The van der Waals surface area contributed by atoms with Crippen molar-refractivity contribution in [3.05, 3.63) is 57.0 Å². The van der Waals surface area contributed by atoms with Gasteiger partial charge in [-0.3, -0.25) is 19.8 Å². The first kappa shape index (κ1) is 15.5. The predicted molar refractivity (Wildman–Crippen MR) is 84.8 cm³/mol. The third kappa shape index (κ3) is 2.92. The maximum atomic E-state index is 12.0. The lowest BCUT2D eigenvalue weighted by molar-refractivity contribution is -0.419. The molecule has 0 amide bonds. The highest BCUT2D eigenvalue weighted by Gasteiger charge is 2.45. The van der Waals surface area contributed by atoms with E-state index in [1.165, 1.54) is 11.1 Å². The first-order valence-corrected chi connectivity index (χ1v) is 7.68. The highest BCUT2D eigenvalue weighted by Crippen LogP contribution is 2.25. The van der Waals surface area contributed by atoms with Crippen LogP contribution in [0, 0.1) is 17.0 Å². The first-order chi connectivity index (χ1) is 11.0. The number of benzene rings is 1. The number of aryl methyl sites for hydroxylation is 1. The molecule has 2 aliphatic rings. The van der Waals surface area contributed by atoms with E-state index in [0.29, 0.717) is 19.0 Å². The molecule has 1 N–H and O–H groups in total. The number of hydrogen-bond donors (Lipinski definition) is 1. The molecule has 122 valence electrons. The fourth-order valence-corrected chi connectivity index (χ4v) is 3.05. The van der Waals surface area contributed by atoms with E-state index in [0.717, 1.165) is 13.1 Å². The number of fused-ring (bicyclic) bond motifs is 1. The van der Waals surface area contributed by atoms with Crippen LogP contribution in [0.5, 0.6) is 0 Å². The van der Waals surface area contributed by atoms with Gasteiger partial charge in [0.15, 0.2) is 5.82 Å². The van der Waals surface area contributed by atoms with Gasteiger partial charge in [0.25, 0.3) is 5.78 Å². The molecule has 1 saturated heterocycles. The lowest BCUT2D eigenvalue weighted by Gasteiger charge is -2.22. The number of rotatable bonds is 3. The lowest BCUT2D eigenvalue weighted by Crippen LogP contribution is -2.36. The van der Waals surface area contributed by atoms with E-state index in [1.54, 1.807) is 11.8 Å². The molecule has 2 heterocycles. The minimum Gasteiger partial charge on any atom is -0.353 e. The zero-order chi connectivity index (χ0) is 16.6. The van der Waals surface area contributed by atoms with Crippen LogP contribution in [0.2, 0.25) is 0 Å². The molecule has 3 rings (SSSR count). The molecule has 2 aliphatic heterocycles. The summed E-state index contributed by atoms with van der Waals surface area (Å²) in [5.74, 6) is -0.0524. The third-order valence-corrected chi connectivity index (χ3v) is 4.43. The molecule has 0 radical (unpaired) electrons. The normalized spacial score (nSPS) is 21.9. The van der Waals surface area contributed by atoms with Crippen LogP contribution in [0.4, 0.5) is 0 Å². The summed E-state index contributed by atoms with van der Waals surface area (Å²) in [6, 6.07) is 7.86. The molecule has 23 heavy (non-hydrogen) atoms. The van der Waals surface area contributed by atoms with Gasteiger partial charge in [-0.15, -0.1) is 0 Å². The van der Waals surface area contributed by atoms with Gasteiger partial charge in [0.05, 0.1) is 17.6 Å². The minimum absolute atomic E-state index is 0.310. The largest absolute Gasteiger partial charge is 0.353 e. The smallest absolute Gasteiger partial charge is 0.353 e. The number of nitro groups is 1. The molecule has 0 aromatic heterocycles. The second-order valence-electron chi connectivity index (χ2n) is 6.06. The van der Waals surface area contributed by atoms with Crippen LogP contribution >= 0.6 is 0 Å². The zero-order valence-electron chi connectivity index (χ0n) is 13.3. The van der Waals surface area contributed by atoms with Crippen LogP contribution in [0.15, 0.2) is 35.8 Å². The summed E-state index contributed by atoms with van der Waals surface area (Å²) in [4.78, 5) is 26.6. The van der Waals surface area contributed by atoms with Crippen LogP contribution in [0.3, 0.4) is 0 Å². The van der Waals surface area contributed by atoms with E-state index in [-0.39, 0.29) is 5.70 Å². The van der Waals surface area contributed by atoms with Crippen molar-refractivity contribution < 1.29 is 9.72 Å². The third-order valence-electron chi connectivity index (χ3n) is 4.43. The monoisotopic (exact) mass is 316 g/mol. The van der Waals surface area contributed by atoms with Gasteiger partial charge >= 0.3 is 5.70 Å². The summed E-state index contributed by atoms with van der Waals surface area (Å²) in [5.41, 5.74) is 2.11. The van der Waals surface area contributed by atoms with Gasteiger partial charge in [0.2, 0.25) is 0 Å². The van der Waals surface area contributed by atoms with Crippen molar-refractivity contribution in [2.24, 2.45) is 0 Å². The quantitative estimate of drug-likeness (QED) is 0.664. The molecule has 1 atom stereocenters. The molecule has 0 bridgehead atoms. The van der Waals surface area contributed by atoms with Crippen molar-refractivity contribution in [1.29, 1.82) is 0 Å². The molecular formula is C16H20N4O3. The first-order valence-electron chi connectivity index (χ1n) is 7.68. The van der Waals surface area contributed by atoms with E-state index >= 15 is 0 Å². The number of nitrogens with zero attached hydrogens (tertiary/aromatic N) is 3. The van der Waals surface area contributed by atoms with Crippen LogP contribution in [0.1, 0.15) is 18.1 Å². The van der Waals surface area contributed by atoms with Crippen molar-refractivity contribution in [2.75, 3.05) is 19.8 Å². The summed E-state index contributed by atoms with van der Waals surface area (Å²) in [6.07, 6.45) is 0. The van der Waals surface area contributed by atoms with E-state index in [4.69, 9.17) is 0 Å². The van der Waals surface area contributed by atoms with Crippen LogP contribution in [-0.2, 0) is 11.3 Å². The Hall–Kier alpha value is -2.41. The van der Waals surface area contributed by atoms with E-state index < -0.39 is 16.7 Å². The Kier molecular flexibility index (Phi) is 4.04. The maximum Gasteiger partial charge on any atom is 0.353 e. The molecule has 0 spiro atoms. The Morgan fingerprint density at radius 2 is 2.00 bits per heavy atom. The highest BCUT2D eigenvalue weighted by molar-refractivity contribution is 6.00. The summed E-state index contributed by atoms with van der Waals surface area (Å²) in [7, 11) is 0. The number of ketones is 1. The SMILES string of the molecule is Cc1ccc(CN2CCN3C(=C([N+](=O)[O-])C(=O)C3C)NC2)cc1. The van der Waals surface area contributed by atoms with Crippen LogP contribution in [-0.4, -0.2) is 46.3 Å². The Balaban J connectivity index is 1.76. The van der Waals surface area contributed by atoms with Gasteiger partial charge in [0.1, 0.15) is 0 Å². The fraction of sp³-hybridized carbons (Fsp3) is 0.438. The van der Waals surface area contributed by atoms with Gasteiger partial charge in [-0.05, 0) is 19.4 Å². The van der Waals surface area contributed by atoms with E-state index in [2.05, 4.69) is 41.4 Å². The summed E-state index contributed by atoms with van der Waals surface area (Å²) < 4.78 is 0. The van der Waals surface area contributed by atoms with Gasteiger partial charge in [-0.1, -0.05) is 29.8 Å². The summed E-state index contributed by atoms with van der Waals surface area (Å²) >= 11 is 0. The Morgan fingerprint density at radius 3 is 2.65 bits per heavy atom. The number of carbonyl (C=O) groups excluding carboxylic acids is 1.